The highest BCUT2D eigenvalue weighted by atomic mass is 16.2. The molecular formula is C39H46N4O. The minimum absolute atomic E-state index is 0.147. The van der Waals surface area contributed by atoms with Crippen molar-refractivity contribution < 1.29 is 4.79 Å². The molecule has 4 aromatic rings. The van der Waals surface area contributed by atoms with Crippen molar-refractivity contribution in [1.82, 2.24) is 14.8 Å². The molecule has 5 nitrogen and oxygen atoms in total. The zero-order valence-electron chi connectivity index (χ0n) is 26.2. The van der Waals surface area contributed by atoms with Crippen LogP contribution in [0.15, 0.2) is 103 Å². The Morgan fingerprint density at radius 2 is 1.39 bits per heavy atom. The van der Waals surface area contributed by atoms with E-state index in [0.29, 0.717) is 18.5 Å². The van der Waals surface area contributed by atoms with E-state index < -0.39 is 0 Å². The molecule has 1 aliphatic heterocycles. The lowest BCUT2D eigenvalue weighted by atomic mass is 9.88. The Labute approximate surface area is 263 Å². The minimum Gasteiger partial charge on any atom is -0.354 e. The predicted octanol–water partition coefficient (Wildman–Crippen LogP) is 7.71. The summed E-state index contributed by atoms with van der Waals surface area (Å²) in [7, 11) is 0. The first-order valence-corrected chi connectivity index (χ1v) is 16.5. The first-order chi connectivity index (χ1) is 21.7. The Morgan fingerprint density at radius 3 is 2.00 bits per heavy atom. The lowest BCUT2D eigenvalue weighted by Crippen LogP contribution is -2.47. The summed E-state index contributed by atoms with van der Waals surface area (Å²) in [6.07, 6.45) is 8.78. The summed E-state index contributed by atoms with van der Waals surface area (Å²) in [5, 5.41) is 0. The second-order valence-corrected chi connectivity index (χ2v) is 12.5. The third-order valence-electron chi connectivity index (χ3n) is 9.69. The van der Waals surface area contributed by atoms with Gasteiger partial charge in [-0.3, -0.25) is 9.69 Å². The first-order valence-electron chi connectivity index (χ1n) is 16.5. The number of piperazine rings is 1. The number of carbonyl (C=O) groups excluding carboxylic acids is 1. The SMILES string of the molecule is Cc1c(C(=O)N(Cc2ccccc2)C2CCCCC2)ccnc1N1CCN(CCC(c2ccccc2)c2ccccc2)CC1. The van der Waals surface area contributed by atoms with E-state index in [1.54, 1.807) is 0 Å². The van der Waals surface area contributed by atoms with Gasteiger partial charge in [-0.2, -0.15) is 0 Å². The number of aromatic nitrogens is 1. The molecule has 1 aromatic heterocycles. The Morgan fingerprint density at radius 1 is 0.795 bits per heavy atom. The van der Waals surface area contributed by atoms with E-state index in [-0.39, 0.29) is 5.91 Å². The largest absolute Gasteiger partial charge is 0.354 e. The monoisotopic (exact) mass is 586 g/mol. The van der Waals surface area contributed by atoms with Crippen molar-refractivity contribution in [3.8, 4) is 0 Å². The number of amides is 1. The molecule has 1 saturated carbocycles. The van der Waals surface area contributed by atoms with Crippen LogP contribution in [0.25, 0.3) is 0 Å². The molecular weight excluding hydrogens is 540 g/mol. The molecule has 5 heteroatoms. The van der Waals surface area contributed by atoms with Crippen molar-refractivity contribution >= 4 is 11.7 Å². The molecule has 0 spiro atoms. The van der Waals surface area contributed by atoms with Gasteiger partial charge in [0.05, 0.1) is 0 Å². The number of anilines is 1. The molecule has 0 atom stereocenters. The maximum absolute atomic E-state index is 14.2. The number of nitrogens with zero attached hydrogens (tertiary/aromatic N) is 4. The average Bonchev–Trinajstić information content (AvgIpc) is 3.09. The third-order valence-corrected chi connectivity index (χ3v) is 9.69. The van der Waals surface area contributed by atoms with Gasteiger partial charge < -0.3 is 9.80 Å². The van der Waals surface area contributed by atoms with E-state index in [1.807, 2.05) is 18.3 Å². The molecule has 3 aromatic carbocycles. The fourth-order valence-corrected chi connectivity index (χ4v) is 7.16. The highest BCUT2D eigenvalue weighted by Crippen LogP contribution is 2.30. The van der Waals surface area contributed by atoms with Gasteiger partial charge in [0, 0.05) is 62.0 Å². The quantitative estimate of drug-likeness (QED) is 0.191. The second-order valence-electron chi connectivity index (χ2n) is 12.5. The van der Waals surface area contributed by atoms with Gasteiger partial charge in [0.1, 0.15) is 5.82 Å². The summed E-state index contributed by atoms with van der Waals surface area (Å²) in [6.45, 7) is 7.64. The van der Waals surface area contributed by atoms with Crippen LogP contribution < -0.4 is 4.90 Å². The van der Waals surface area contributed by atoms with Crippen LogP contribution in [0, 0.1) is 6.92 Å². The Balaban J connectivity index is 1.12. The van der Waals surface area contributed by atoms with Crippen molar-refractivity contribution in [3.63, 3.8) is 0 Å². The second kappa shape index (κ2) is 14.7. The van der Waals surface area contributed by atoms with E-state index in [1.165, 1.54) is 36.0 Å². The number of rotatable bonds is 10. The van der Waals surface area contributed by atoms with Gasteiger partial charge >= 0.3 is 0 Å². The van der Waals surface area contributed by atoms with Crippen LogP contribution in [0.3, 0.4) is 0 Å². The molecule has 228 valence electrons. The van der Waals surface area contributed by atoms with Crippen LogP contribution in [0.2, 0.25) is 0 Å². The summed E-state index contributed by atoms with van der Waals surface area (Å²) in [4.78, 5) is 26.1. The first kappa shape index (κ1) is 30.1. The van der Waals surface area contributed by atoms with Crippen molar-refractivity contribution in [2.24, 2.45) is 0 Å². The summed E-state index contributed by atoms with van der Waals surface area (Å²) in [6, 6.07) is 34.5. The molecule has 1 amide bonds. The Bertz CT molecular complexity index is 1420. The number of benzene rings is 3. The third kappa shape index (κ3) is 7.22. The number of carbonyl (C=O) groups is 1. The van der Waals surface area contributed by atoms with Crippen molar-refractivity contribution in [2.75, 3.05) is 37.6 Å². The van der Waals surface area contributed by atoms with E-state index in [2.05, 4.69) is 107 Å². The molecule has 0 radical (unpaired) electrons. The molecule has 1 saturated heterocycles. The standard InChI is InChI=1S/C39H46N4O/c1-31-36(39(44)43(35-20-12-5-13-21-35)30-32-14-6-2-7-15-32)22-24-40-38(31)42-28-26-41(27-29-42)25-23-37(33-16-8-3-9-17-33)34-18-10-4-11-19-34/h2-4,6-11,14-19,22,24,35,37H,5,12-13,20-21,23,25-30H2,1H3. The predicted molar refractivity (Wildman–Crippen MR) is 180 cm³/mol. The van der Waals surface area contributed by atoms with Crippen molar-refractivity contribution in [1.29, 1.82) is 0 Å². The zero-order chi connectivity index (χ0) is 30.1. The van der Waals surface area contributed by atoms with Crippen LogP contribution in [-0.4, -0.2) is 59.5 Å². The molecule has 2 heterocycles. The smallest absolute Gasteiger partial charge is 0.254 e. The van der Waals surface area contributed by atoms with E-state index in [4.69, 9.17) is 4.98 Å². The molecule has 6 rings (SSSR count). The molecule has 0 N–H and O–H groups in total. The molecule has 0 bridgehead atoms. The average molecular weight is 587 g/mol. The number of hydrogen-bond donors (Lipinski definition) is 0. The Hall–Kier alpha value is -3.96. The maximum atomic E-state index is 14.2. The summed E-state index contributed by atoms with van der Waals surface area (Å²) >= 11 is 0. The lowest BCUT2D eigenvalue weighted by molar-refractivity contribution is 0.0613. The van der Waals surface area contributed by atoms with Crippen LogP contribution in [0.5, 0.6) is 0 Å². The molecule has 2 aliphatic rings. The van der Waals surface area contributed by atoms with Gasteiger partial charge in [-0.25, -0.2) is 4.98 Å². The maximum Gasteiger partial charge on any atom is 0.254 e. The summed E-state index contributed by atoms with van der Waals surface area (Å²) in [5.74, 6) is 1.50. The van der Waals surface area contributed by atoms with Crippen LogP contribution in [0.4, 0.5) is 5.82 Å². The van der Waals surface area contributed by atoms with Crippen LogP contribution in [0.1, 0.15) is 77.1 Å². The Kier molecular flexibility index (Phi) is 10.0. The zero-order valence-corrected chi connectivity index (χ0v) is 26.2. The van der Waals surface area contributed by atoms with Crippen molar-refractivity contribution in [3.05, 3.63) is 131 Å². The summed E-state index contributed by atoms with van der Waals surface area (Å²) in [5.41, 5.74) is 5.76. The summed E-state index contributed by atoms with van der Waals surface area (Å²) < 4.78 is 0. The van der Waals surface area contributed by atoms with Gasteiger partial charge in [0.2, 0.25) is 0 Å². The van der Waals surface area contributed by atoms with E-state index in [9.17, 15) is 4.79 Å². The molecule has 0 unspecified atom stereocenters. The molecule has 1 aliphatic carbocycles. The fraction of sp³-hybridized carbons (Fsp3) is 0.385. The van der Waals surface area contributed by atoms with Crippen LogP contribution in [-0.2, 0) is 6.54 Å². The van der Waals surface area contributed by atoms with Gasteiger partial charge in [-0.15, -0.1) is 0 Å². The lowest BCUT2D eigenvalue weighted by Gasteiger charge is -2.37. The number of hydrogen-bond acceptors (Lipinski definition) is 4. The van der Waals surface area contributed by atoms with E-state index in [0.717, 1.165) is 68.9 Å². The van der Waals surface area contributed by atoms with E-state index >= 15 is 0 Å². The minimum atomic E-state index is 0.147. The normalized spacial score (nSPS) is 16.3. The molecule has 44 heavy (non-hydrogen) atoms. The fourth-order valence-electron chi connectivity index (χ4n) is 7.16. The van der Waals surface area contributed by atoms with Crippen molar-refractivity contribution in [2.45, 2.75) is 64.0 Å². The topological polar surface area (TPSA) is 39.7 Å². The molecule has 2 fully saturated rings. The highest BCUT2D eigenvalue weighted by Gasteiger charge is 2.29. The van der Waals surface area contributed by atoms with Gasteiger partial charge in [-0.05, 0) is 55.5 Å². The van der Waals surface area contributed by atoms with Gasteiger partial charge in [-0.1, -0.05) is 110 Å². The van der Waals surface area contributed by atoms with Gasteiger partial charge in [0.15, 0.2) is 0 Å². The van der Waals surface area contributed by atoms with Gasteiger partial charge in [0.25, 0.3) is 5.91 Å². The number of pyridine rings is 1. The highest BCUT2D eigenvalue weighted by molar-refractivity contribution is 5.97. The van der Waals surface area contributed by atoms with Crippen LogP contribution >= 0.6 is 0 Å².